The first-order chi connectivity index (χ1) is 13.6. The van der Waals surface area contributed by atoms with Gasteiger partial charge in [-0.25, -0.2) is 5.43 Å². The van der Waals surface area contributed by atoms with Crippen LogP contribution >= 0.6 is 11.8 Å². The van der Waals surface area contributed by atoms with Crippen molar-refractivity contribution in [1.29, 1.82) is 0 Å². The van der Waals surface area contributed by atoms with Crippen molar-refractivity contribution in [3.05, 3.63) is 65.2 Å². The maximum atomic E-state index is 12.1. The Kier molecular flexibility index (Phi) is 7.65. The number of nitrogens with zero attached hydrogens (tertiary/aromatic N) is 3. The van der Waals surface area contributed by atoms with E-state index < -0.39 is 0 Å². The molecule has 28 heavy (non-hydrogen) atoms. The lowest BCUT2D eigenvalue weighted by atomic mass is 10.1. The van der Waals surface area contributed by atoms with Crippen molar-refractivity contribution in [1.82, 2.24) is 15.2 Å². The molecule has 0 atom stereocenters. The van der Waals surface area contributed by atoms with Gasteiger partial charge in [0.15, 0.2) is 0 Å². The van der Waals surface area contributed by atoms with E-state index in [2.05, 4.69) is 51.5 Å². The Morgan fingerprint density at radius 2 is 1.68 bits per heavy atom. The number of amides is 1. The molecule has 1 aliphatic rings. The van der Waals surface area contributed by atoms with Crippen LogP contribution in [0.5, 0.6) is 0 Å². The van der Waals surface area contributed by atoms with Crippen LogP contribution < -0.4 is 5.43 Å². The van der Waals surface area contributed by atoms with Crippen LogP contribution in [-0.4, -0.2) is 60.9 Å². The second kappa shape index (κ2) is 10.4. The number of nitrogens with one attached hydrogen (secondary N) is 1. The maximum absolute atomic E-state index is 12.1. The number of aryl methyl sites for hydroxylation is 1. The van der Waals surface area contributed by atoms with Crippen LogP contribution in [0.15, 0.2) is 58.5 Å². The second-order valence-electron chi connectivity index (χ2n) is 7.10. The molecule has 1 amide bonds. The lowest BCUT2D eigenvalue weighted by Gasteiger charge is -2.34. The first kappa shape index (κ1) is 20.6. The molecule has 0 radical (unpaired) electrons. The van der Waals surface area contributed by atoms with Gasteiger partial charge in [-0.1, -0.05) is 42.0 Å². The summed E-state index contributed by atoms with van der Waals surface area (Å²) in [4.78, 5) is 18.0. The molecule has 3 rings (SSSR count). The molecule has 0 saturated carbocycles. The highest BCUT2D eigenvalue weighted by atomic mass is 32.2. The van der Waals surface area contributed by atoms with E-state index in [1.54, 1.807) is 18.0 Å². The van der Waals surface area contributed by atoms with Crippen LogP contribution in [0.3, 0.4) is 0 Å². The van der Waals surface area contributed by atoms with Gasteiger partial charge in [0.25, 0.3) is 5.91 Å². The summed E-state index contributed by atoms with van der Waals surface area (Å²) in [5, 5.41) is 4.07. The smallest absolute Gasteiger partial charge is 0.254 e. The molecular weight excluding hydrogens is 368 g/mol. The molecule has 1 heterocycles. The summed E-state index contributed by atoms with van der Waals surface area (Å²) >= 11 is 1.70. The minimum Gasteiger partial charge on any atom is -0.297 e. The standard InChI is InChI=1S/C22H28N4OS/c1-18-3-5-20(6-4-18)16-25-11-13-26(14-12-25)17-22(27)24-23-15-19-7-9-21(28-2)10-8-19/h3-10,15H,11-14,16-17H2,1-2H3,(H,24,27)/b23-15+. The van der Waals surface area contributed by atoms with E-state index in [-0.39, 0.29) is 5.91 Å². The van der Waals surface area contributed by atoms with Crippen molar-refractivity contribution in [2.45, 2.75) is 18.4 Å². The van der Waals surface area contributed by atoms with Gasteiger partial charge < -0.3 is 0 Å². The lowest BCUT2D eigenvalue weighted by molar-refractivity contribution is -0.122. The molecule has 1 N–H and O–H groups in total. The van der Waals surface area contributed by atoms with E-state index in [4.69, 9.17) is 0 Å². The molecule has 0 bridgehead atoms. The highest BCUT2D eigenvalue weighted by Crippen LogP contribution is 2.14. The van der Waals surface area contributed by atoms with E-state index in [1.807, 2.05) is 30.5 Å². The van der Waals surface area contributed by atoms with Crippen LogP contribution in [0.2, 0.25) is 0 Å². The van der Waals surface area contributed by atoms with E-state index >= 15 is 0 Å². The predicted molar refractivity (Wildman–Crippen MR) is 117 cm³/mol. The Morgan fingerprint density at radius 1 is 1.04 bits per heavy atom. The molecule has 0 aromatic heterocycles. The van der Waals surface area contributed by atoms with E-state index in [0.29, 0.717) is 6.54 Å². The third kappa shape index (κ3) is 6.48. The van der Waals surface area contributed by atoms with Crippen molar-refractivity contribution < 1.29 is 4.79 Å². The number of carbonyl (C=O) groups excluding carboxylic acids is 1. The van der Waals surface area contributed by atoms with Crippen molar-refractivity contribution in [2.75, 3.05) is 39.0 Å². The van der Waals surface area contributed by atoms with Gasteiger partial charge in [0.1, 0.15) is 0 Å². The molecular formula is C22H28N4OS. The topological polar surface area (TPSA) is 47.9 Å². The molecule has 0 aliphatic carbocycles. The molecule has 1 fully saturated rings. The number of rotatable bonds is 7. The third-order valence-corrected chi connectivity index (χ3v) is 5.62. The summed E-state index contributed by atoms with van der Waals surface area (Å²) < 4.78 is 0. The lowest BCUT2D eigenvalue weighted by Crippen LogP contribution is -2.48. The first-order valence-corrected chi connectivity index (χ1v) is 10.8. The Balaban J connectivity index is 1.37. The largest absolute Gasteiger partial charge is 0.297 e. The molecule has 148 valence electrons. The molecule has 1 aliphatic heterocycles. The van der Waals surface area contributed by atoms with Crippen LogP contribution in [0.25, 0.3) is 0 Å². The number of hydrogen-bond donors (Lipinski definition) is 1. The average Bonchev–Trinajstić information content (AvgIpc) is 2.72. The first-order valence-electron chi connectivity index (χ1n) is 9.58. The summed E-state index contributed by atoms with van der Waals surface area (Å²) in [6.07, 6.45) is 3.73. The van der Waals surface area contributed by atoms with Crippen LogP contribution in [0, 0.1) is 6.92 Å². The number of carbonyl (C=O) groups is 1. The highest BCUT2D eigenvalue weighted by Gasteiger charge is 2.18. The molecule has 5 nitrogen and oxygen atoms in total. The fourth-order valence-electron chi connectivity index (χ4n) is 3.16. The SMILES string of the molecule is CSc1ccc(/C=N/NC(=O)CN2CCN(Cc3ccc(C)cc3)CC2)cc1. The molecule has 2 aromatic carbocycles. The molecule has 0 unspecified atom stereocenters. The number of thioether (sulfide) groups is 1. The average molecular weight is 397 g/mol. The molecule has 0 spiro atoms. The van der Waals surface area contributed by atoms with Crippen molar-refractivity contribution in [2.24, 2.45) is 5.10 Å². The van der Waals surface area contributed by atoms with Gasteiger partial charge in [0.2, 0.25) is 0 Å². The number of piperazine rings is 1. The minimum absolute atomic E-state index is 0.0658. The quantitative estimate of drug-likeness (QED) is 0.444. The van der Waals surface area contributed by atoms with Crippen LogP contribution in [0.4, 0.5) is 0 Å². The Bertz CT molecular complexity index is 781. The van der Waals surface area contributed by atoms with Gasteiger partial charge in [-0.15, -0.1) is 11.8 Å². The van der Waals surface area contributed by atoms with Crippen LogP contribution in [-0.2, 0) is 11.3 Å². The van der Waals surface area contributed by atoms with Gasteiger partial charge in [-0.3, -0.25) is 14.6 Å². The van der Waals surface area contributed by atoms with Gasteiger partial charge in [-0.05, 0) is 36.4 Å². The zero-order valence-corrected chi connectivity index (χ0v) is 17.4. The summed E-state index contributed by atoms with van der Waals surface area (Å²) in [6, 6.07) is 16.8. The van der Waals surface area contributed by atoms with E-state index in [0.717, 1.165) is 38.3 Å². The van der Waals surface area contributed by atoms with E-state index in [9.17, 15) is 4.79 Å². The highest BCUT2D eigenvalue weighted by molar-refractivity contribution is 7.98. The normalized spacial score (nSPS) is 15.8. The summed E-state index contributed by atoms with van der Waals surface area (Å²) in [5.74, 6) is -0.0658. The summed E-state index contributed by atoms with van der Waals surface area (Å²) in [7, 11) is 0. The molecule has 2 aromatic rings. The number of benzene rings is 2. The minimum atomic E-state index is -0.0658. The summed E-state index contributed by atoms with van der Waals surface area (Å²) in [5.41, 5.74) is 6.24. The summed E-state index contributed by atoms with van der Waals surface area (Å²) in [6.45, 7) is 7.23. The van der Waals surface area contributed by atoms with Crippen molar-refractivity contribution >= 4 is 23.9 Å². The number of hydrogen-bond acceptors (Lipinski definition) is 5. The molecule has 6 heteroatoms. The van der Waals surface area contributed by atoms with Gasteiger partial charge in [0.05, 0.1) is 12.8 Å². The monoisotopic (exact) mass is 396 g/mol. The Labute approximate surface area is 171 Å². The zero-order chi connectivity index (χ0) is 19.8. The van der Waals surface area contributed by atoms with Gasteiger partial charge in [0, 0.05) is 37.6 Å². The van der Waals surface area contributed by atoms with Crippen molar-refractivity contribution in [3.8, 4) is 0 Å². The van der Waals surface area contributed by atoms with E-state index in [1.165, 1.54) is 16.0 Å². The molecule has 1 saturated heterocycles. The van der Waals surface area contributed by atoms with Gasteiger partial charge >= 0.3 is 0 Å². The predicted octanol–water partition coefficient (Wildman–Crippen LogP) is 2.98. The second-order valence-corrected chi connectivity index (χ2v) is 7.98. The maximum Gasteiger partial charge on any atom is 0.254 e. The Morgan fingerprint density at radius 3 is 2.32 bits per heavy atom. The van der Waals surface area contributed by atoms with Gasteiger partial charge in [-0.2, -0.15) is 5.10 Å². The van der Waals surface area contributed by atoms with Crippen molar-refractivity contribution in [3.63, 3.8) is 0 Å². The van der Waals surface area contributed by atoms with Crippen LogP contribution in [0.1, 0.15) is 16.7 Å². The fourth-order valence-corrected chi connectivity index (χ4v) is 3.57. The third-order valence-electron chi connectivity index (χ3n) is 4.88. The Hall–Kier alpha value is -2.15. The zero-order valence-electron chi connectivity index (χ0n) is 16.6. The fraction of sp³-hybridized carbons (Fsp3) is 0.364. The number of hydrazone groups is 1.